The Morgan fingerprint density at radius 1 is 0.255 bits per heavy atom. The van der Waals surface area contributed by atoms with Crippen molar-refractivity contribution >= 4 is 65.0 Å². The van der Waals surface area contributed by atoms with Crippen LogP contribution in [0.4, 0.5) is 0 Å². The molecule has 1 heteroatoms. The zero-order chi connectivity index (χ0) is 30.9. The first kappa shape index (κ1) is 26.1. The quantitative estimate of drug-likeness (QED) is 0.146. The Kier molecular flexibility index (Phi) is 5.64. The molecule has 218 valence electrons. The van der Waals surface area contributed by atoms with Crippen LogP contribution in [0.3, 0.4) is 0 Å². The van der Waals surface area contributed by atoms with Gasteiger partial charge in [0.1, 0.15) is 11.2 Å². The van der Waals surface area contributed by atoms with Gasteiger partial charge in [-0.2, -0.15) is 0 Å². The molecule has 0 unspecified atom stereocenters. The van der Waals surface area contributed by atoms with Crippen molar-refractivity contribution in [2.75, 3.05) is 0 Å². The normalized spacial score (nSPS) is 11.8. The molecule has 1 aromatic heterocycles. The summed E-state index contributed by atoms with van der Waals surface area (Å²) < 4.78 is 6.84. The second-order valence-electron chi connectivity index (χ2n) is 12.4. The van der Waals surface area contributed by atoms with Crippen molar-refractivity contribution in [1.82, 2.24) is 0 Å². The number of hydrogen-bond acceptors (Lipinski definition) is 1. The van der Waals surface area contributed by atoms with Crippen molar-refractivity contribution in [3.63, 3.8) is 0 Å². The van der Waals surface area contributed by atoms with E-state index >= 15 is 0 Å². The van der Waals surface area contributed by atoms with E-state index in [0.717, 1.165) is 33.1 Å². The summed E-state index contributed by atoms with van der Waals surface area (Å²) in [5.74, 6) is 0. The summed E-state index contributed by atoms with van der Waals surface area (Å²) in [6.07, 6.45) is 0. The van der Waals surface area contributed by atoms with Crippen LogP contribution in [0.15, 0.2) is 174 Å². The number of rotatable bonds is 3. The molecule has 0 aliphatic carbocycles. The first-order valence-corrected chi connectivity index (χ1v) is 16.2. The second-order valence-corrected chi connectivity index (χ2v) is 12.4. The molecule has 0 radical (unpaired) electrons. The van der Waals surface area contributed by atoms with Crippen LogP contribution in [-0.4, -0.2) is 0 Å². The Morgan fingerprint density at radius 2 is 0.681 bits per heavy atom. The van der Waals surface area contributed by atoms with Crippen LogP contribution < -0.4 is 0 Å². The lowest BCUT2D eigenvalue weighted by Gasteiger charge is -2.18. The molecule has 0 bridgehead atoms. The Hall–Kier alpha value is -6.18. The molecule has 0 aliphatic rings. The molecule has 10 rings (SSSR count). The molecule has 47 heavy (non-hydrogen) atoms. The minimum absolute atomic E-state index is 0.930. The van der Waals surface area contributed by atoms with E-state index in [-0.39, 0.29) is 0 Å². The van der Waals surface area contributed by atoms with Crippen LogP contribution in [0, 0.1) is 0 Å². The lowest BCUT2D eigenvalue weighted by atomic mass is 9.85. The van der Waals surface area contributed by atoms with Crippen LogP contribution in [0.2, 0.25) is 0 Å². The average molecular weight is 597 g/mol. The number of benzene rings is 9. The predicted octanol–water partition coefficient (Wildman–Crippen LogP) is 13.2. The third kappa shape index (κ3) is 3.84. The fraction of sp³-hybridized carbons (Fsp3) is 0. The zero-order valence-electron chi connectivity index (χ0n) is 25.6. The van der Waals surface area contributed by atoms with E-state index in [0.29, 0.717) is 0 Å². The maximum absolute atomic E-state index is 6.84. The van der Waals surface area contributed by atoms with E-state index < -0.39 is 0 Å². The van der Waals surface area contributed by atoms with Gasteiger partial charge in [-0.3, -0.25) is 0 Å². The largest absolute Gasteiger partial charge is 0.455 e. The Labute approximate surface area is 271 Å². The monoisotopic (exact) mass is 596 g/mol. The third-order valence-electron chi connectivity index (χ3n) is 9.85. The highest BCUT2D eigenvalue weighted by atomic mass is 16.3. The molecule has 10 aromatic rings. The van der Waals surface area contributed by atoms with Gasteiger partial charge in [0.25, 0.3) is 0 Å². The van der Waals surface area contributed by atoms with Gasteiger partial charge in [0, 0.05) is 21.7 Å². The van der Waals surface area contributed by atoms with Crippen LogP contribution in [0.1, 0.15) is 0 Å². The molecular weight excluding hydrogens is 569 g/mol. The highest BCUT2D eigenvalue weighted by molar-refractivity contribution is 6.31. The van der Waals surface area contributed by atoms with Gasteiger partial charge in [-0.25, -0.2) is 0 Å². The summed E-state index contributed by atoms with van der Waals surface area (Å²) in [4.78, 5) is 0. The van der Waals surface area contributed by atoms with Crippen molar-refractivity contribution < 1.29 is 4.42 Å². The molecule has 1 nitrogen and oxygen atoms in total. The minimum Gasteiger partial charge on any atom is -0.455 e. The fourth-order valence-corrected chi connectivity index (χ4v) is 7.83. The van der Waals surface area contributed by atoms with Crippen molar-refractivity contribution in [1.29, 1.82) is 0 Å². The molecule has 0 amide bonds. The molecular formula is C46H28O. The number of fused-ring (bicyclic) bond motifs is 10. The first-order chi connectivity index (χ1) is 23.3. The molecule has 9 aromatic carbocycles. The summed E-state index contributed by atoms with van der Waals surface area (Å²) >= 11 is 0. The maximum Gasteiger partial charge on any atom is 0.143 e. The highest BCUT2D eigenvalue weighted by Crippen LogP contribution is 2.46. The number of furan rings is 1. The van der Waals surface area contributed by atoms with Gasteiger partial charge in [0.15, 0.2) is 0 Å². The lowest BCUT2D eigenvalue weighted by molar-refractivity contribution is 0.674. The Morgan fingerprint density at radius 3 is 1.28 bits per heavy atom. The van der Waals surface area contributed by atoms with E-state index in [4.69, 9.17) is 4.42 Å². The summed E-state index contributed by atoms with van der Waals surface area (Å²) in [5, 5.41) is 12.2. The van der Waals surface area contributed by atoms with Gasteiger partial charge in [-0.15, -0.1) is 0 Å². The van der Waals surface area contributed by atoms with Crippen LogP contribution in [-0.2, 0) is 0 Å². The van der Waals surface area contributed by atoms with Crippen LogP contribution in [0.5, 0.6) is 0 Å². The maximum atomic E-state index is 6.84. The van der Waals surface area contributed by atoms with E-state index in [9.17, 15) is 0 Å². The molecule has 0 saturated carbocycles. The van der Waals surface area contributed by atoms with Gasteiger partial charge in [0.2, 0.25) is 0 Å². The predicted molar refractivity (Wildman–Crippen MR) is 200 cm³/mol. The highest BCUT2D eigenvalue weighted by Gasteiger charge is 2.19. The van der Waals surface area contributed by atoms with Crippen molar-refractivity contribution in [2.24, 2.45) is 0 Å². The van der Waals surface area contributed by atoms with Crippen molar-refractivity contribution in [3.05, 3.63) is 170 Å². The molecule has 0 saturated heterocycles. The van der Waals surface area contributed by atoms with Gasteiger partial charge in [-0.05, 0) is 65.5 Å². The second kappa shape index (κ2) is 10.2. The first-order valence-electron chi connectivity index (χ1n) is 16.2. The van der Waals surface area contributed by atoms with Crippen molar-refractivity contribution in [3.8, 4) is 33.4 Å². The van der Waals surface area contributed by atoms with Gasteiger partial charge in [0.05, 0.1) is 0 Å². The molecule has 0 atom stereocenters. The molecule has 0 aliphatic heterocycles. The fourth-order valence-electron chi connectivity index (χ4n) is 7.83. The zero-order valence-corrected chi connectivity index (χ0v) is 25.6. The summed E-state index contributed by atoms with van der Waals surface area (Å²) in [6, 6.07) is 61.3. The van der Waals surface area contributed by atoms with Gasteiger partial charge >= 0.3 is 0 Å². The lowest BCUT2D eigenvalue weighted by Crippen LogP contribution is -1.90. The standard InChI is InChI=1S/C46H28O/c1-2-13-30(14-3-1)42-36-18-7-9-20-38(36)43(39-21-10-8-19-37(39)42)31-27-25-29(26-28-31)32-23-12-24-41-44-35-17-6-4-15-33(35)34-16-5-11-22-40(34)46(44)47-45(32)41/h1-28H. The van der Waals surface area contributed by atoms with Crippen LogP contribution >= 0.6 is 0 Å². The Bertz CT molecular complexity index is 2760. The van der Waals surface area contributed by atoms with Crippen LogP contribution in [0.25, 0.3) is 98.4 Å². The number of hydrogen-bond donors (Lipinski definition) is 0. The molecule has 0 spiro atoms. The van der Waals surface area contributed by atoms with E-state index in [1.54, 1.807) is 0 Å². The smallest absolute Gasteiger partial charge is 0.143 e. The van der Waals surface area contributed by atoms with Crippen molar-refractivity contribution in [2.45, 2.75) is 0 Å². The van der Waals surface area contributed by atoms with Gasteiger partial charge < -0.3 is 4.42 Å². The number of para-hydroxylation sites is 1. The van der Waals surface area contributed by atoms with E-state index in [1.165, 1.54) is 65.3 Å². The topological polar surface area (TPSA) is 13.1 Å². The summed E-state index contributed by atoms with van der Waals surface area (Å²) in [6.45, 7) is 0. The minimum atomic E-state index is 0.930. The molecule has 1 heterocycles. The van der Waals surface area contributed by atoms with E-state index in [2.05, 4.69) is 170 Å². The molecule has 0 N–H and O–H groups in total. The molecule has 0 fully saturated rings. The van der Waals surface area contributed by atoms with E-state index in [1.807, 2.05) is 0 Å². The summed E-state index contributed by atoms with van der Waals surface area (Å²) in [5.41, 5.74) is 9.12. The average Bonchev–Trinajstić information content (AvgIpc) is 3.55. The summed E-state index contributed by atoms with van der Waals surface area (Å²) in [7, 11) is 0. The third-order valence-corrected chi connectivity index (χ3v) is 9.85. The Balaban J connectivity index is 1.19. The SMILES string of the molecule is c1ccc(-c2c3ccccc3c(-c3ccc(-c4cccc5c4oc4c6ccccc6c6ccccc6c54)cc3)c3ccccc23)cc1. The van der Waals surface area contributed by atoms with Gasteiger partial charge in [-0.1, -0.05) is 170 Å².